The summed E-state index contributed by atoms with van der Waals surface area (Å²) < 4.78 is 0. The Morgan fingerprint density at radius 1 is 1.33 bits per heavy atom. The molecule has 0 aromatic heterocycles. The van der Waals surface area contributed by atoms with Gasteiger partial charge >= 0.3 is 12.0 Å². The molecule has 3 amide bonds. The molecule has 0 aliphatic heterocycles. The van der Waals surface area contributed by atoms with E-state index in [-0.39, 0.29) is 19.0 Å². The van der Waals surface area contributed by atoms with Gasteiger partial charge in [-0.3, -0.25) is 9.59 Å². The van der Waals surface area contributed by atoms with Gasteiger partial charge in [-0.05, 0) is 6.92 Å². The number of hydrogen-bond donors (Lipinski definition) is 4. The number of aliphatic hydroxyl groups is 1. The minimum absolute atomic E-state index is 0.122. The third kappa shape index (κ3) is 6.69. The molecular formula is C10H19N3O5. The van der Waals surface area contributed by atoms with E-state index in [1.54, 1.807) is 0 Å². The van der Waals surface area contributed by atoms with Crippen molar-refractivity contribution < 1.29 is 24.6 Å². The molecule has 0 saturated carbocycles. The molecule has 0 aliphatic rings. The van der Waals surface area contributed by atoms with Crippen molar-refractivity contribution >= 4 is 17.9 Å². The Bertz CT molecular complexity index is 329. The predicted molar refractivity (Wildman–Crippen MR) is 63.0 cm³/mol. The van der Waals surface area contributed by atoms with Crippen molar-refractivity contribution in [1.82, 2.24) is 15.5 Å². The number of carbonyl (C=O) groups excluding carboxylic acids is 2. The molecule has 0 aromatic rings. The fraction of sp³-hybridized carbons (Fsp3) is 0.700. The molecule has 0 bridgehead atoms. The molecule has 0 rings (SSSR count). The Labute approximate surface area is 105 Å². The molecule has 0 heterocycles. The second kappa shape index (κ2) is 6.80. The highest BCUT2D eigenvalue weighted by molar-refractivity contribution is 5.83. The quantitative estimate of drug-likeness (QED) is 0.469. The minimum atomic E-state index is -1.53. The van der Waals surface area contributed by atoms with Crippen molar-refractivity contribution in [2.24, 2.45) is 0 Å². The molecule has 0 spiro atoms. The van der Waals surface area contributed by atoms with Gasteiger partial charge in [-0.1, -0.05) is 0 Å². The van der Waals surface area contributed by atoms with Crippen LogP contribution in [-0.2, 0) is 9.59 Å². The number of nitrogens with one attached hydrogen (secondary N) is 2. The third-order valence-corrected chi connectivity index (χ3v) is 2.16. The summed E-state index contributed by atoms with van der Waals surface area (Å²) in [7, 11) is 2.86. The number of carboxylic acid groups (broad SMARTS) is 1. The number of aliphatic carboxylic acids is 1. The molecule has 104 valence electrons. The zero-order valence-electron chi connectivity index (χ0n) is 10.7. The normalized spacial score (nSPS) is 13.3. The van der Waals surface area contributed by atoms with E-state index in [4.69, 9.17) is 5.11 Å². The first-order chi connectivity index (χ1) is 8.18. The molecule has 1 unspecified atom stereocenters. The first-order valence-electron chi connectivity index (χ1n) is 5.31. The maximum atomic E-state index is 11.5. The molecular weight excluding hydrogens is 242 g/mol. The van der Waals surface area contributed by atoms with Gasteiger partial charge in [-0.15, -0.1) is 0 Å². The van der Waals surface area contributed by atoms with E-state index in [2.05, 4.69) is 10.6 Å². The summed E-state index contributed by atoms with van der Waals surface area (Å²) in [5.74, 6) is -1.49. The highest BCUT2D eigenvalue weighted by Gasteiger charge is 2.25. The van der Waals surface area contributed by atoms with E-state index in [0.29, 0.717) is 0 Å². The van der Waals surface area contributed by atoms with Crippen LogP contribution in [0.25, 0.3) is 0 Å². The Morgan fingerprint density at radius 3 is 2.33 bits per heavy atom. The topological polar surface area (TPSA) is 119 Å². The number of carboxylic acids is 1. The van der Waals surface area contributed by atoms with E-state index < -0.39 is 24.0 Å². The van der Waals surface area contributed by atoms with E-state index in [1.165, 1.54) is 21.0 Å². The molecule has 0 radical (unpaired) electrons. The second-order valence-electron chi connectivity index (χ2n) is 4.26. The van der Waals surface area contributed by atoms with Crippen LogP contribution >= 0.6 is 0 Å². The monoisotopic (exact) mass is 261 g/mol. The Balaban J connectivity index is 4.16. The van der Waals surface area contributed by atoms with Crippen LogP contribution in [0.2, 0.25) is 0 Å². The van der Waals surface area contributed by atoms with Crippen LogP contribution in [0, 0.1) is 0 Å². The van der Waals surface area contributed by atoms with Crippen LogP contribution in [-0.4, -0.2) is 65.8 Å². The Morgan fingerprint density at radius 2 is 1.89 bits per heavy atom. The average Bonchev–Trinajstić information content (AvgIpc) is 2.23. The number of rotatable bonds is 6. The van der Waals surface area contributed by atoms with Crippen molar-refractivity contribution in [3.8, 4) is 0 Å². The summed E-state index contributed by atoms with van der Waals surface area (Å²) in [6, 6.07) is -0.565. The maximum Gasteiger partial charge on any atom is 0.317 e. The van der Waals surface area contributed by atoms with Crippen LogP contribution in [0.1, 0.15) is 13.3 Å². The van der Waals surface area contributed by atoms with E-state index in [9.17, 15) is 19.5 Å². The van der Waals surface area contributed by atoms with Crippen LogP contribution in [0.3, 0.4) is 0 Å². The summed E-state index contributed by atoms with van der Waals surface area (Å²) in [6.07, 6.45) is -0.480. The largest absolute Gasteiger partial charge is 0.481 e. The van der Waals surface area contributed by atoms with Crippen molar-refractivity contribution in [1.29, 1.82) is 0 Å². The first-order valence-corrected chi connectivity index (χ1v) is 5.31. The molecule has 4 N–H and O–H groups in total. The van der Waals surface area contributed by atoms with Crippen molar-refractivity contribution in [2.45, 2.75) is 18.9 Å². The standard InChI is InChI=1S/C10H19N3O5/c1-10(18,4-8(15)16)6-12-9(17)13(3)5-7(14)11-2/h18H,4-6H2,1-3H3,(H,11,14)(H,12,17)(H,15,16). The average molecular weight is 261 g/mol. The highest BCUT2D eigenvalue weighted by Crippen LogP contribution is 2.07. The second-order valence-corrected chi connectivity index (χ2v) is 4.26. The SMILES string of the molecule is CNC(=O)CN(C)C(=O)NCC(C)(O)CC(=O)O. The summed E-state index contributed by atoms with van der Waals surface area (Å²) in [4.78, 5) is 34.1. The van der Waals surface area contributed by atoms with Crippen molar-refractivity contribution in [3.05, 3.63) is 0 Å². The lowest BCUT2D eigenvalue weighted by molar-refractivity contribution is -0.141. The van der Waals surface area contributed by atoms with Gasteiger partial charge in [0.15, 0.2) is 0 Å². The Hall–Kier alpha value is -1.83. The third-order valence-electron chi connectivity index (χ3n) is 2.16. The van der Waals surface area contributed by atoms with E-state index in [0.717, 1.165) is 4.90 Å². The number of likely N-dealkylation sites (N-methyl/N-ethyl adjacent to an activating group) is 2. The zero-order valence-corrected chi connectivity index (χ0v) is 10.7. The molecule has 0 saturated heterocycles. The van der Waals surface area contributed by atoms with E-state index in [1.807, 2.05) is 0 Å². The Kier molecular flexibility index (Phi) is 6.11. The summed E-state index contributed by atoms with van der Waals surface area (Å²) in [5.41, 5.74) is -1.53. The summed E-state index contributed by atoms with van der Waals surface area (Å²) in [5, 5.41) is 22.9. The molecule has 1 atom stereocenters. The van der Waals surface area contributed by atoms with Crippen LogP contribution < -0.4 is 10.6 Å². The lowest BCUT2D eigenvalue weighted by Crippen LogP contribution is -2.48. The minimum Gasteiger partial charge on any atom is -0.481 e. The number of nitrogens with zero attached hydrogens (tertiary/aromatic N) is 1. The van der Waals surface area contributed by atoms with Crippen LogP contribution in [0.5, 0.6) is 0 Å². The predicted octanol–water partition coefficient (Wildman–Crippen LogP) is -1.40. The van der Waals surface area contributed by atoms with Gasteiger partial charge in [-0.25, -0.2) is 4.79 Å². The lowest BCUT2D eigenvalue weighted by atomic mass is 10.0. The van der Waals surface area contributed by atoms with Gasteiger partial charge in [0.25, 0.3) is 0 Å². The maximum absolute atomic E-state index is 11.5. The number of amides is 3. The summed E-state index contributed by atoms with van der Waals surface area (Å²) >= 11 is 0. The highest BCUT2D eigenvalue weighted by atomic mass is 16.4. The molecule has 18 heavy (non-hydrogen) atoms. The van der Waals surface area contributed by atoms with Crippen molar-refractivity contribution in [2.75, 3.05) is 27.2 Å². The fourth-order valence-electron chi connectivity index (χ4n) is 1.16. The molecule has 0 fully saturated rings. The lowest BCUT2D eigenvalue weighted by Gasteiger charge is -2.24. The van der Waals surface area contributed by atoms with Gasteiger partial charge in [-0.2, -0.15) is 0 Å². The number of hydrogen-bond acceptors (Lipinski definition) is 4. The van der Waals surface area contributed by atoms with Gasteiger partial charge in [0.1, 0.15) is 6.54 Å². The molecule has 0 aliphatic carbocycles. The fourth-order valence-corrected chi connectivity index (χ4v) is 1.16. The summed E-state index contributed by atoms with van der Waals surface area (Å²) in [6.45, 7) is 0.972. The van der Waals surface area contributed by atoms with Gasteiger partial charge in [0.05, 0.1) is 12.0 Å². The van der Waals surface area contributed by atoms with Gasteiger partial charge in [0, 0.05) is 20.6 Å². The van der Waals surface area contributed by atoms with Gasteiger partial charge < -0.3 is 25.7 Å². The first kappa shape index (κ1) is 16.2. The smallest absolute Gasteiger partial charge is 0.317 e. The van der Waals surface area contributed by atoms with Crippen LogP contribution in [0.15, 0.2) is 0 Å². The van der Waals surface area contributed by atoms with E-state index >= 15 is 0 Å². The molecule has 8 heteroatoms. The number of carbonyl (C=O) groups is 3. The number of urea groups is 1. The molecule has 8 nitrogen and oxygen atoms in total. The molecule has 0 aromatic carbocycles. The van der Waals surface area contributed by atoms with Gasteiger partial charge in [0.2, 0.25) is 5.91 Å². The van der Waals surface area contributed by atoms with Crippen molar-refractivity contribution in [3.63, 3.8) is 0 Å². The van der Waals surface area contributed by atoms with Crippen LogP contribution in [0.4, 0.5) is 4.79 Å². The zero-order chi connectivity index (χ0) is 14.3.